The third-order valence-electron chi connectivity index (χ3n) is 3.10. The summed E-state index contributed by atoms with van der Waals surface area (Å²) < 4.78 is 22.5. The van der Waals surface area contributed by atoms with E-state index in [-0.39, 0.29) is 11.7 Å². The van der Waals surface area contributed by atoms with Crippen LogP contribution >= 0.6 is 0 Å². The second-order valence-corrected chi connectivity index (χ2v) is 6.69. The molecule has 5 nitrogen and oxygen atoms in total. The number of hydrogen-bond donors (Lipinski definition) is 2. The van der Waals surface area contributed by atoms with Crippen LogP contribution in [0.2, 0.25) is 0 Å². The second-order valence-electron chi connectivity index (χ2n) is 4.76. The van der Waals surface area contributed by atoms with Crippen molar-refractivity contribution < 1.29 is 13.2 Å². The lowest BCUT2D eigenvalue weighted by molar-refractivity contribution is 0.0947. The van der Waals surface area contributed by atoms with E-state index >= 15 is 0 Å². The molecule has 1 aliphatic rings. The third-order valence-corrected chi connectivity index (χ3v) is 4.50. The van der Waals surface area contributed by atoms with Crippen LogP contribution in [-0.4, -0.2) is 26.1 Å². The molecule has 1 aliphatic heterocycles. The highest BCUT2D eigenvalue weighted by Crippen LogP contribution is 2.18. The van der Waals surface area contributed by atoms with Crippen molar-refractivity contribution in [2.24, 2.45) is 0 Å². The highest BCUT2D eigenvalue weighted by Gasteiger charge is 2.24. The van der Waals surface area contributed by atoms with Crippen molar-refractivity contribution in [3.05, 3.63) is 40.3 Å². The van der Waals surface area contributed by atoms with Crippen LogP contribution in [0.25, 0.3) is 0 Å². The zero-order valence-electron chi connectivity index (χ0n) is 10.8. The maximum Gasteiger partial charge on any atom is 0.252 e. The van der Waals surface area contributed by atoms with Crippen molar-refractivity contribution in [1.29, 1.82) is 0 Å². The normalized spacial score (nSPS) is 20.4. The standard InChI is InChI=1S/C13H16N2O3S/c1-8-5-9(2)12(14)6-11(8)13(16)15-10-3-4-19(17,18)7-10/h3-6,10H,7,14H2,1-2H3,(H,15,16). The van der Waals surface area contributed by atoms with Gasteiger partial charge >= 0.3 is 0 Å². The van der Waals surface area contributed by atoms with E-state index in [9.17, 15) is 13.2 Å². The first kappa shape index (κ1) is 13.6. The van der Waals surface area contributed by atoms with Crippen LogP contribution in [0.5, 0.6) is 0 Å². The number of carbonyl (C=O) groups is 1. The summed E-state index contributed by atoms with van der Waals surface area (Å²) in [6, 6.07) is 2.98. The van der Waals surface area contributed by atoms with Crippen LogP contribution < -0.4 is 11.1 Å². The average Bonchev–Trinajstić information content (AvgIpc) is 2.63. The molecule has 2 rings (SSSR count). The Hall–Kier alpha value is -1.82. The minimum absolute atomic E-state index is 0.0842. The monoisotopic (exact) mass is 280 g/mol. The first-order valence-electron chi connectivity index (χ1n) is 5.87. The lowest BCUT2D eigenvalue weighted by atomic mass is 10.0. The van der Waals surface area contributed by atoms with E-state index in [2.05, 4.69) is 5.32 Å². The number of nitrogens with two attached hydrogens (primary N) is 1. The maximum atomic E-state index is 12.1. The van der Waals surface area contributed by atoms with Crippen molar-refractivity contribution in [3.8, 4) is 0 Å². The molecule has 1 atom stereocenters. The first-order valence-corrected chi connectivity index (χ1v) is 7.58. The fourth-order valence-corrected chi connectivity index (χ4v) is 3.26. The van der Waals surface area contributed by atoms with Gasteiger partial charge in [-0.1, -0.05) is 6.07 Å². The minimum Gasteiger partial charge on any atom is -0.398 e. The number of amides is 1. The molecule has 1 amide bonds. The van der Waals surface area contributed by atoms with E-state index < -0.39 is 15.9 Å². The summed E-state index contributed by atoms with van der Waals surface area (Å²) in [7, 11) is -3.17. The quantitative estimate of drug-likeness (QED) is 0.789. The summed E-state index contributed by atoms with van der Waals surface area (Å²) in [5, 5.41) is 3.81. The smallest absolute Gasteiger partial charge is 0.252 e. The molecule has 0 fully saturated rings. The van der Waals surface area contributed by atoms with Gasteiger partial charge in [0.05, 0.1) is 11.8 Å². The molecule has 0 saturated carbocycles. The van der Waals surface area contributed by atoms with Gasteiger partial charge in [-0.3, -0.25) is 4.79 Å². The van der Waals surface area contributed by atoms with Gasteiger partial charge in [-0.2, -0.15) is 0 Å². The summed E-state index contributed by atoms with van der Waals surface area (Å²) in [6.07, 6.45) is 1.49. The van der Waals surface area contributed by atoms with E-state index in [1.165, 1.54) is 6.08 Å². The number of aryl methyl sites for hydroxylation is 2. The molecule has 1 unspecified atom stereocenters. The highest BCUT2D eigenvalue weighted by atomic mass is 32.2. The molecule has 0 saturated heterocycles. The van der Waals surface area contributed by atoms with Crippen molar-refractivity contribution in [3.63, 3.8) is 0 Å². The van der Waals surface area contributed by atoms with E-state index in [0.717, 1.165) is 16.5 Å². The van der Waals surface area contributed by atoms with Gasteiger partial charge in [0.2, 0.25) is 0 Å². The number of nitrogen functional groups attached to an aromatic ring is 1. The molecule has 0 spiro atoms. The largest absolute Gasteiger partial charge is 0.398 e. The number of benzene rings is 1. The number of rotatable bonds is 2. The minimum atomic E-state index is -3.17. The van der Waals surface area contributed by atoms with Gasteiger partial charge in [-0.25, -0.2) is 8.42 Å². The lowest BCUT2D eigenvalue weighted by Gasteiger charge is -2.13. The van der Waals surface area contributed by atoms with Crippen LogP contribution in [0.3, 0.4) is 0 Å². The van der Waals surface area contributed by atoms with Crippen molar-refractivity contribution in [1.82, 2.24) is 5.32 Å². The zero-order chi connectivity index (χ0) is 14.2. The summed E-state index contributed by atoms with van der Waals surface area (Å²) >= 11 is 0. The van der Waals surface area contributed by atoms with Gasteiger partial charge in [0, 0.05) is 16.7 Å². The molecule has 1 aromatic rings. The Morgan fingerprint density at radius 2 is 2.00 bits per heavy atom. The van der Waals surface area contributed by atoms with E-state index in [1.54, 1.807) is 6.07 Å². The van der Waals surface area contributed by atoms with E-state index in [1.807, 2.05) is 19.9 Å². The molecule has 102 valence electrons. The number of sulfone groups is 1. The summed E-state index contributed by atoms with van der Waals surface area (Å²) in [5.74, 6) is -0.394. The number of hydrogen-bond acceptors (Lipinski definition) is 4. The number of anilines is 1. The molecule has 1 aromatic carbocycles. The Morgan fingerprint density at radius 1 is 1.32 bits per heavy atom. The second kappa shape index (κ2) is 4.70. The fraction of sp³-hybridized carbons (Fsp3) is 0.308. The molecule has 1 heterocycles. The Balaban J connectivity index is 2.18. The van der Waals surface area contributed by atoms with E-state index in [4.69, 9.17) is 5.73 Å². The lowest BCUT2D eigenvalue weighted by Crippen LogP contribution is -2.35. The van der Waals surface area contributed by atoms with Gasteiger partial charge in [-0.05, 0) is 37.1 Å². The molecular weight excluding hydrogens is 264 g/mol. The predicted octanol–water partition coefficient (Wildman–Crippen LogP) is 0.926. The highest BCUT2D eigenvalue weighted by molar-refractivity contribution is 7.94. The van der Waals surface area contributed by atoms with Crippen LogP contribution in [0.15, 0.2) is 23.6 Å². The van der Waals surface area contributed by atoms with Gasteiger partial charge in [0.1, 0.15) is 0 Å². The number of nitrogens with one attached hydrogen (secondary N) is 1. The molecule has 19 heavy (non-hydrogen) atoms. The summed E-state index contributed by atoms with van der Waals surface area (Å²) in [6.45, 7) is 3.69. The van der Waals surface area contributed by atoms with E-state index in [0.29, 0.717) is 11.3 Å². The molecule has 0 bridgehead atoms. The van der Waals surface area contributed by atoms with Gasteiger partial charge in [0.15, 0.2) is 9.84 Å². The average molecular weight is 280 g/mol. The fourth-order valence-electron chi connectivity index (χ4n) is 2.03. The van der Waals surface area contributed by atoms with Crippen molar-refractivity contribution in [2.45, 2.75) is 19.9 Å². The Kier molecular flexibility index (Phi) is 3.36. The van der Waals surface area contributed by atoms with Gasteiger partial charge in [0.25, 0.3) is 5.91 Å². The molecular formula is C13H16N2O3S. The molecule has 0 radical (unpaired) electrons. The number of carbonyl (C=O) groups excluding carboxylic acids is 1. The third kappa shape index (κ3) is 2.96. The summed E-state index contributed by atoms with van der Waals surface area (Å²) in [5.41, 5.74) is 8.54. The zero-order valence-corrected chi connectivity index (χ0v) is 11.6. The van der Waals surface area contributed by atoms with Crippen molar-refractivity contribution >= 4 is 21.4 Å². The molecule has 0 aliphatic carbocycles. The van der Waals surface area contributed by atoms with Crippen LogP contribution in [0, 0.1) is 13.8 Å². The van der Waals surface area contributed by atoms with Crippen molar-refractivity contribution in [2.75, 3.05) is 11.5 Å². The van der Waals surface area contributed by atoms with Gasteiger partial charge in [-0.15, -0.1) is 0 Å². The Bertz CT molecular complexity index is 663. The SMILES string of the molecule is Cc1cc(C)c(C(=O)NC2C=CS(=O)(=O)C2)cc1N. The maximum absolute atomic E-state index is 12.1. The Labute approximate surface area is 112 Å². The molecule has 6 heteroatoms. The molecule has 0 aromatic heterocycles. The summed E-state index contributed by atoms with van der Waals surface area (Å²) in [4.78, 5) is 12.1. The Morgan fingerprint density at radius 3 is 2.58 bits per heavy atom. The van der Waals surface area contributed by atoms with Gasteiger partial charge < -0.3 is 11.1 Å². The molecule has 3 N–H and O–H groups in total. The predicted molar refractivity (Wildman–Crippen MR) is 74.5 cm³/mol. The first-order chi connectivity index (χ1) is 8.78. The van der Waals surface area contributed by atoms with Crippen LogP contribution in [-0.2, 0) is 9.84 Å². The van der Waals surface area contributed by atoms with Crippen LogP contribution in [0.1, 0.15) is 21.5 Å². The topological polar surface area (TPSA) is 89.3 Å². The van der Waals surface area contributed by atoms with Crippen LogP contribution in [0.4, 0.5) is 5.69 Å².